The number of carboxylic acid groups (broad SMARTS) is 1. The predicted molar refractivity (Wildman–Crippen MR) is 76.7 cm³/mol. The standard InChI is InChI=1S/C16H14O4/c1-19-11-15(16(17)18)14-7-3-2-5-12(14)8-9-13-6-4-10-20-13/h2-11H,1H3,(H,17,18). The molecule has 1 heterocycles. The number of rotatable bonds is 5. The molecule has 2 rings (SSSR count). The molecule has 0 aliphatic heterocycles. The number of carboxylic acids is 1. The van der Waals surface area contributed by atoms with Gasteiger partial charge < -0.3 is 14.3 Å². The van der Waals surface area contributed by atoms with E-state index in [2.05, 4.69) is 0 Å². The van der Waals surface area contributed by atoms with Gasteiger partial charge in [-0.05, 0) is 29.3 Å². The molecular weight excluding hydrogens is 256 g/mol. The Hall–Kier alpha value is -2.75. The zero-order valence-electron chi connectivity index (χ0n) is 10.9. The molecule has 0 fully saturated rings. The van der Waals surface area contributed by atoms with Gasteiger partial charge in [0.05, 0.1) is 19.6 Å². The van der Waals surface area contributed by atoms with Crippen molar-refractivity contribution in [2.24, 2.45) is 0 Å². The van der Waals surface area contributed by atoms with E-state index < -0.39 is 5.97 Å². The second-order valence-corrected chi connectivity index (χ2v) is 4.01. The topological polar surface area (TPSA) is 59.7 Å². The van der Waals surface area contributed by atoms with E-state index in [0.717, 1.165) is 5.56 Å². The van der Waals surface area contributed by atoms with Crippen LogP contribution in [-0.2, 0) is 9.53 Å². The van der Waals surface area contributed by atoms with Crippen molar-refractivity contribution in [2.45, 2.75) is 0 Å². The van der Waals surface area contributed by atoms with Gasteiger partial charge in [0.2, 0.25) is 0 Å². The Morgan fingerprint density at radius 2 is 2.00 bits per heavy atom. The van der Waals surface area contributed by atoms with Crippen molar-refractivity contribution in [1.29, 1.82) is 0 Å². The van der Waals surface area contributed by atoms with Crippen molar-refractivity contribution in [3.63, 3.8) is 0 Å². The average molecular weight is 270 g/mol. The van der Waals surface area contributed by atoms with Gasteiger partial charge in [-0.2, -0.15) is 0 Å². The van der Waals surface area contributed by atoms with Gasteiger partial charge >= 0.3 is 5.97 Å². The summed E-state index contributed by atoms with van der Waals surface area (Å²) in [5.41, 5.74) is 1.46. The SMILES string of the molecule is COC=C(C(=O)O)c1ccccc1C=Cc1ccco1. The van der Waals surface area contributed by atoms with E-state index in [0.29, 0.717) is 11.3 Å². The maximum Gasteiger partial charge on any atom is 0.339 e. The van der Waals surface area contributed by atoms with Crippen LogP contribution in [0.15, 0.2) is 53.3 Å². The number of benzene rings is 1. The van der Waals surface area contributed by atoms with Gasteiger partial charge in [-0.3, -0.25) is 0 Å². The smallest absolute Gasteiger partial charge is 0.339 e. The quantitative estimate of drug-likeness (QED) is 0.667. The van der Waals surface area contributed by atoms with Crippen LogP contribution in [0.3, 0.4) is 0 Å². The monoisotopic (exact) mass is 270 g/mol. The second kappa shape index (κ2) is 6.43. The average Bonchev–Trinajstić information content (AvgIpc) is 2.96. The second-order valence-electron chi connectivity index (χ2n) is 4.01. The molecule has 0 bridgehead atoms. The molecule has 0 amide bonds. The van der Waals surface area contributed by atoms with Crippen LogP contribution in [0.1, 0.15) is 16.9 Å². The summed E-state index contributed by atoms with van der Waals surface area (Å²) in [6.45, 7) is 0. The lowest BCUT2D eigenvalue weighted by molar-refractivity contribution is -0.130. The predicted octanol–water partition coefficient (Wildman–Crippen LogP) is 3.52. The Bertz CT molecular complexity index is 636. The Morgan fingerprint density at radius 1 is 1.20 bits per heavy atom. The molecule has 0 unspecified atom stereocenters. The molecule has 0 radical (unpaired) electrons. The number of carbonyl (C=O) groups is 1. The lowest BCUT2D eigenvalue weighted by atomic mass is 10.00. The minimum Gasteiger partial charge on any atom is -0.503 e. The summed E-state index contributed by atoms with van der Waals surface area (Å²) in [7, 11) is 1.42. The molecule has 1 aromatic carbocycles. The van der Waals surface area contributed by atoms with Crippen molar-refractivity contribution in [3.05, 3.63) is 65.8 Å². The molecule has 102 valence electrons. The van der Waals surface area contributed by atoms with Crippen molar-refractivity contribution in [2.75, 3.05) is 7.11 Å². The van der Waals surface area contributed by atoms with Gasteiger partial charge in [0.15, 0.2) is 0 Å². The molecule has 2 aromatic rings. The Morgan fingerprint density at radius 3 is 2.65 bits per heavy atom. The molecule has 0 spiro atoms. The largest absolute Gasteiger partial charge is 0.503 e. The molecule has 0 aliphatic rings. The maximum absolute atomic E-state index is 11.3. The van der Waals surface area contributed by atoms with Crippen LogP contribution < -0.4 is 0 Å². The van der Waals surface area contributed by atoms with Gasteiger partial charge in [0.25, 0.3) is 0 Å². The van der Waals surface area contributed by atoms with Crippen LogP contribution >= 0.6 is 0 Å². The molecule has 4 heteroatoms. The lowest BCUT2D eigenvalue weighted by Crippen LogP contribution is -2.02. The van der Waals surface area contributed by atoms with E-state index >= 15 is 0 Å². The van der Waals surface area contributed by atoms with Gasteiger partial charge in [0.1, 0.15) is 11.3 Å². The van der Waals surface area contributed by atoms with Gasteiger partial charge in [0, 0.05) is 0 Å². The van der Waals surface area contributed by atoms with Crippen molar-refractivity contribution < 1.29 is 19.1 Å². The molecule has 1 N–H and O–H groups in total. The summed E-state index contributed by atoms with van der Waals surface area (Å²) in [6.07, 6.45) is 6.40. The normalized spacial score (nSPS) is 11.8. The Balaban J connectivity index is 2.40. The molecule has 0 saturated carbocycles. The molecule has 20 heavy (non-hydrogen) atoms. The number of aliphatic carboxylic acids is 1. The van der Waals surface area contributed by atoms with Crippen LogP contribution in [0.4, 0.5) is 0 Å². The first-order valence-electron chi connectivity index (χ1n) is 5.99. The zero-order valence-corrected chi connectivity index (χ0v) is 10.9. The fourth-order valence-corrected chi connectivity index (χ4v) is 1.79. The first-order valence-corrected chi connectivity index (χ1v) is 5.99. The highest BCUT2D eigenvalue weighted by molar-refractivity contribution is 6.16. The molecule has 0 aliphatic carbocycles. The number of furan rings is 1. The van der Waals surface area contributed by atoms with E-state index in [1.54, 1.807) is 36.6 Å². The van der Waals surface area contributed by atoms with Gasteiger partial charge in [-0.15, -0.1) is 0 Å². The molecular formula is C16H14O4. The van der Waals surface area contributed by atoms with Gasteiger partial charge in [-0.1, -0.05) is 30.3 Å². The molecule has 0 saturated heterocycles. The minimum atomic E-state index is -1.04. The summed E-state index contributed by atoms with van der Waals surface area (Å²) in [5, 5.41) is 9.24. The lowest BCUT2D eigenvalue weighted by Gasteiger charge is -2.06. The van der Waals surface area contributed by atoms with Crippen LogP contribution in [0, 0.1) is 0 Å². The van der Waals surface area contributed by atoms with E-state index in [4.69, 9.17) is 9.15 Å². The summed E-state index contributed by atoms with van der Waals surface area (Å²) in [6, 6.07) is 10.8. The first kappa shape index (κ1) is 13.7. The number of ether oxygens (including phenoxy) is 1. The van der Waals surface area contributed by atoms with E-state index in [9.17, 15) is 9.90 Å². The number of methoxy groups -OCH3 is 1. The minimum absolute atomic E-state index is 0.104. The summed E-state index contributed by atoms with van der Waals surface area (Å²) in [5.74, 6) is -0.335. The van der Waals surface area contributed by atoms with Crippen LogP contribution in [0.25, 0.3) is 17.7 Å². The van der Waals surface area contributed by atoms with E-state index in [1.807, 2.05) is 18.2 Å². The third-order valence-corrected chi connectivity index (χ3v) is 2.69. The Kier molecular flexibility index (Phi) is 4.39. The fraction of sp³-hybridized carbons (Fsp3) is 0.0625. The first-order chi connectivity index (χ1) is 9.72. The van der Waals surface area contributed by atoms with Crippen molar-refractivity contribution in [3.8, 4) is 0 Å². The maximum atomic E-state index is 11.3. The van der Waals surface area contributed by atoms with Crippen molar-refractivity contribution >= 4 is 23.7 Å². The molecule has 1 aromatic heterocycles. The highest BCUT2D eigenvalue weighted by Gasteiger charge is 2.13. The fourth-order valence-electron chi connectivity index (χ4n) is 1.79. The highest BCUT2D eigenvalue weighted by atomic mass is 16.5. The third-order valence-electron chi connectivity index (χ3n) is 2.69. The van der Waals surface area contributed by atoms with E-state index in [-0.39, 0.29) is 5.57 Å². The van der Waals surface area contributed by atoms with Crippen LogP contribution in [-0.4, -0.2) is 18.2 Å². The summed E-state index contributed by atoms with van der Waals surface area (Å²) < 4.78 is 10.0. The highest BCUT2D eigenvalue weighted by Crippen LogP contribution is 2.22. The third kappa shape index (κ3) is 3.17. The zero-order chi connectivity index (χ0) is 14.4. The van der Waals surface area contributed by atoms with Crippen LogP contribution in [0.5, 0.6) is 0 Å². The summed E-state index contributed by atoms with van der Waals surface area (Å²) in [4.78, 5) is 11.3. The van der Waals surface area contributed by atoms with Crippen LogP contribution in [0.2, 0.25) is 0 Å². The number of hydrogen-bond donors (Lipinski definition) is 1. The molecule has 0 atom stereocenters. The van der Waals surface area contributed by atoms with Gasteiger partial charge in [-0.25, -0.2) is 4.79 Å². The summed E-state index contributed by atoms with van der Waals surface area (Å²) >= 11 is 0. The Labute approximate surface area is 116 Å². The number of hydrogen-bond acceptors (Lipinski definition) is 3. The molecule has 4 nitrogen and oxygen atoms in total. The van der Waals surface area contributed by atoms with Crippen molar-refractivity contribution in [1.82, 2.24) is 0 Å². The van der Waals surface area contributed by atoms with E-state index in [1.165, 1.54) is 13.4 Å².